The van der Waals surface area contributed by atoms with E-state index in [-0.39, 0.29) is 5.91 Å². The number of likely N-dealkylation sites (tertiary alicyclic amines) is 1. The number of nitrogens with zero attached hydrogens (tertiary/aromatic N) is 3. The summed E-state index contributed by atoms with van der Waals surface area (Å²) in [7, 11) is 0. The fourth-order valence-corrected chi connectivity index (χ4v) is 3.20. The van der Waals surface area contributed by atoms with Crippen molar-refractivity contribution in [2.45, 2.75) is 26.2 Å². The first-order valence-electron chi connectivity index (χ1n) is 6.83. The maximum Gasteiger partial charge on any atom is 0.257 e. The zero-order chi connectivity index (χ0) is 13.7. The Morgan fingerprint density at radius 2 is 2.21 bits per heavy atom. The summed E-state index contributed by atoms with van der Waals surface area (Å²) >= 11 is 1.86. The Bertz CT molecular complexity index is 419. The van der Waals surface area contributed by atoms with Gasteiger partial charge < -0.3 is 4.90 Å². The van der Waals surface area contributed by atoms with Gasteiger partial charge in [-0.1, -0.05) is 6.92 Å². The first kappa shape index (κ1) is 14.3. The van der Waals surface area contributed by atoms with Crippen LogP contribution in [0.1, 0.15) is 35.9 Å². The molecule has 1 aromatic heterocycles. The van der Waals surface area contributed by atoms with Crippen LogP contribution in [0.15, 0.2) is 12.4 Å². The predicted octanol–water partition coefficient (Wildman–Crippen LogP) is 2.25. The third-order valence-electron chi connectivity index (χ3n) is 3.48. The summed E-state index contributed by atoms with van der Waals surface area (Å²) in [5, 5.41) is 0. The minimum absolute atomic E-state index is 0.0773. The Morgan fingerprint density at radius 1 is 1.47 bits per heavy atom. The van der Waals surface area contributed by atoms with Crippen LogP contribution in [0.4, 0.5) is 0 Å². The van der Waals surface area contributed by atoms with Crippen LogP contribution < -0.4 is 0 Å². The zero-order valence-electron chi connectivity index (χ0n) is 11.6. The average molecular weight is 279 g/mol. The summed E-state index contributed by atoms with van der Waals surface area (Å²) < 4.78 is 0. The summed E-state index contributed by atoms with van der Waals surface area (Å²) in [5.41, 5.74) is 0.613. The van der Waals surface area contributed by atoms with Crippen molar-refractivity contribution in [3.8, 4) is 0 Å². The van der Waals surface area contributed by atoms with Gasteiger partial charge in [0.05, 0.1) is 5.56 Å². The van der Waals surface area contributed by atoms with Gasteiger partial charge in [0, 0.05) is 31.9 Å². The van der Waals surface area contributed by atoms with Crippen LogP contribution in [0.25, 0.3) is 0 Å². The molecule has 1 saturated heterocycles. The van der Waals surface area contributed by atoms with E-state index >= 15 is 0 Å². The highest BCUT2D eigenvalue weighted by molar-refractivity contribution is 7.98. The Morgan fingerprint density at radius 3 is 2.84 bits per heavy atom. The molecular weight excluding hydrogens is 258 g/mol. The topological polar surface area (TPSA) is 46.1 Å². The molecule has 1 amide bonds. The van der Waals surface area contributed by atoms with Crippen LogP contribution in [0.3, 0.4) is 0 Å². The highest BCUT2D eigenvalue weighted by Gasteiger charge is 2.24. The van der Waals surface area contributed by atoms with E-state index in [0.717, 1.165) is 37.5 Å². The van der Waals surface area contributed by atoms with E-state index in [0.29, 0.717) is 11.5 Å². The van der Waals surface area contributed by atoms with E-state index in [9.17, 15) is 4.79 Å². The highest BCUT2D eigenvalue weighted by atomic mass is 32.2. The number of hydrogen-bond acceptors (Lipinski definition) is 4. The molecular formula is C14H21N3OS. The minimum atomic E-state index is 0.0773. The standard InChI is InChI=1S/C14H21N3OS/c1-3-13-15-7-12(8-16-13)14(18)17-6-4-5-11(9-17)10-19-2/h7-8,11H,3-6,9-10H2,1-2H3/t11-/m1/s1. The molecule has 0 radical (unpaired) electrons. The molecule has 19 heavy (non-hydrogen) atoms. The molecule has 5 heteroatoms. The lowest BCUT2D eigenvalue weighted by Crippen LogP contribution is -2.40. The normalized spacial score (nSPS) is 19.5. The molecule has 1 fully saturated rings. The lowest BCUT2D eigenvalue weighted by atomic mass is 9.99. The van der Waals surface area contributed by atoms with Gasteiger partial charge in [0.15, 0.2) is 0 Å². The number of piperidine rings is 1. The third-order valence-corrected chi connectivity index (χ3v) is 4.28. The second-order valence-electron chi connectivity index (χ2n) is 4.96. The van der Waals surface area contributed by atoms with Crippen molar-refractivity contribution in [2.75, 3.05) is 25.1 Å². The van der Waals surface area contributed by atoms with Gasteiger partial charge in [-0.2, -0.15) is 11.8 Å². The van der Waals surface area contributed by atoms with Crippen molar-refractivity contribution < 1.29 is 4.79 Å². The van der Waals surface area contributed by atoms with Gasteiger partial charge >= 0.3 is 0 Å². The SMILES string of the molecule is CCc1ncc(C(=O)N2CCC[C@@H](CSC)C2)cn1. The van der Waals surface area contributed by atoms with E-state index in [1.165, 1.54) is 6.42 Å². The van der Waals surface area contributed by atoms with Crippen LogP contribution in [0, 0.1) is 5.92 Å². The van der Waals surface area contributed by atoms with Crippen molar-refractivity contribution in [3.63, 3.8) is 0 Å². The van der Waals surface area contributed by atoms with Gasteiger partial charge in [-0.05, 0) is 30.8 Å². The molecule has 2 rings (SSSR count). The molecule has 0 N–H and O–H groups in total. The van der Waals surface area contributed by atoms with Crippen LogP contribution >= 0.6 is 11.8 Å². The van der Waals surface area contributed by atoms with Gasteiger partial charge in [-0.15, -0.1) is 0 Å². The first-order valence-corrected chi connectivity index (χ1v) is 8.23. The molecule has 0 aromatic carbocycles. The molecule has 0 aliphatic carbocycles. The van der Waals surface area contributed by atoms with Gasteiger partial charge in [0.2, 0.25) is 0 Å². The van der Waals surface area contributed by atoms with Gasteiger partial charge in [0.25, 0.3) is 5.91 Å². The number of thioether (sulfide) groups is 1. The number of aryl methyl sites for hydroxylation is 1. The number of hydrogen-bond donors (Lipinski definition) is 0. The van der Waals surface area contributed by atoms with E-state index in [1.54, 1.807) is 12.4 Å². The molecule has 1 aliphatic heterocycles. The lowest BCUT2D eigenvalue weighted by molar-refractivity contribution is 0.0684. The molecule has 0 saturated carbocycles. The van der Waals surface area contributed by atoms with Crippen molar-refractivity contribution in [1.29, 1.82) is 0 Å². The lowest BCUT2D eigenvalue weighted by Gasteiger charge is -2.32. The monoisotopic (exact) mass is 279 g/mol. The smallest absolute Gasteiger partial charge is 0.257 e. The van der Waals surface area contributed by atoms with Gasteiger partial charge in [-0.3, -0.25) is 4.79 Å². The fourth-order valence-electron chi connectivity index (χ4n) is 2.45. The van der Waals surface area contributed by atoms with E-state index in [2.05, 4.69) is 16.2 Å². The number of aromatic nitrogens is 2. The molecule has 0 unspecified atom stereocenters. The van der Waals surface area contributed by atoms with Crippen LogP contribution in [0.2, 0.25) is 0 Å². The quantitative estimate of drug-likeness (QED) is 0.848. The summed E-state index contributed by atoms with van der Waals surface area (Å²) in [6, 6.07) is 0. The first-order chi connectivity index (χ1) is 9.24. The molecule has 104 valence electrons. The maximum absolute atomic E-state index is 12.4. The summed E-state index contributed by atoms with van der Waals surface area (Å²) in [6.07, 6.45) is 8.57. The summed E-state index contributed by atoms with van der Waals surface area (Å²) in [6.45, 7) is 3.74. The Labute approximate surface area is 119 Å². The minimum Gasteiger partial charge on any atom is -0.338 e. The van der Waals surface area contributed by atoms with Crippen molar-refractivity contribution >= 4 is 17.7 Å². The van der Waals surface area contributed by atoms with E-state index in [1.807, 2.05) is 23.6 Å². The van der Waals surface area contributed by atoms with Gasteiger partial charge in [0.1, 0.15) is 5.82 Å². The molecule has 2 heterocycles. The number of carbonyl (C=O) groups excluding carboxylic acids is 1. The fraction of sp³-hybridized carbons (Fsp3) is 0.643. The van der Waals surface area contributed by atoms with Crippen molar-refractivity contribution in [2.24, 2.45) is 5.92 Å². The molecule has 1 aliphatic rings. The third kappa shape index (κ3) is 3.69. The zero-order valence-corrected chi connectivity index (χ0v) is 12.4. The number of rotatable bonds is 4. The van der Waals surface area contributed by atoms with Crippen LogP contribution in [-0.4, -0.2) is 45.9 Å². The summed E-state index contributed by atoms with van der Waals surface area (Å²) in [4.78, 5) is 22.8. The number of amides is 1. The molecule has 0 spiro atoms. The van der Waals surface area contributed by atoms with E-state index < -0.39 is 0 Å². The van der Waals surface area contributed by atoms with Crippen molar-refractivity contribution in [1.82, 2.24) is 14.9 Å². The molecule has 1 aromatic rings. The maximum atomic E-state index is 12.4. The van der Waals surface area contributed by atoms with Gasteiger partial charge in [-0.25, -0.2) is 9.97 Å². The van der Waals surface area contributed by atoms with Crippen molar-refractivity contribution in [3.05, 3.63) is 23.8 Å². The Kier molecular flexibility index (Phi) is 5.19. The van der Waals surface area contributed by atoms with E-state index in [4.69, 9.17) is 0 Å². The molecule has 1 atom stereocenters. The predicted molar refractivity (Wildman–Crippen MR) is 78.4 cm³/mol. The van der Waals surface area contributed by atoms with Crippen LogP contribution in [0.5, 0.6) is 0 Å². The highest BCUT2D eigenvalue weighted by Crippen LogP contribution is 2.21. The second-order valence-corrected chi connectivity index (χ2v) is 5.87. The largest absolute Gasteiger partial charge is 0.338 e. The number of carbonyl (C=O) groups is 1. The average Bonchev–Trinajstić information content (AvgIpc) is 2.47. The van der Waals surface area contributed by atoms with Crippen LogP contribution in [-0.2, 0) is 6.42 Å². The summed E-state index contributed by atoms with van der Waals surface area (Å²) in [5.74, 6) is 2.63. The Hall–Kier alpha value is -1.10. The molecule has 0 bridgehead atoms. The Balaban J connectivity index is 2.01. The molecule has 4 nitrogen and oxygen atoms in total. The second kappa shape index (κ2) is 6.89.